The number of hydrogen-bond donors (Lipinski definition) is 0. The summed E-state index contributed by atoms with van der Waals surface area (Å²) in [5, 5.41) is 2.52. The van der Waals surface area contributed by atoms with Gasteiger partial charge >= 0.3 is 0 Å². The van der Waals surface area contributed by atoms with Crippen LogP contribution in [0.1, 0.15) is 79.1 Å². The highest BCUT2D eigenvalue weighted by atomic mass is 32.1. The number of benzene rings is 2. The topological polar surface area (TPSA) is 44.2 Å². The second-order valence-corrected chi connectivity index (χ2v) is 28.3. The van der Waals surface area contributed by atoms with Crippen molar-refractivity contribution in [1.29, 1.82) is 0 Å². The van der Waals surface area contributed by atoms with E-state index in [1.165, 1.54) is 67.7 Å². The normalized spacial score (nSPS) is 14.1. The number of thiophene rings is 2. The summed E-state index contributed by atoms with van der Waals surface area (Å²) in [5.74, 6) is 2.70. The van der Waals surface area contributed by atoms with Gasteiger partial charge in [0.05, 0.1) is 60.8 Å². The minimum absolute atomic E-state index is 0.539. The van der Waals surface area contributed by atoms with E-state index in [1.54, 1.807) is 0 Å². The maximum atomic E-state index is 6.62. The molecule has 8 heteroatoms. The van der Waals surface area contributed by atoms with Crippen molar-refractivity contribution in [3.8, 4) is 11.5 Å². The lowest BCUT2D eigenvalue weighted by atomic mass is 10.0. The summed E-state index contributed by atoms with van der Waals surface area (Å²) >= 11 is 3.99. The quantitative estimate of drug-likeness (QED) is 0.0762. The SMILES string of the molecule is CCCCC(CC)COc1cc2nc3c4cc([Si](C)(C)C)sc4c4sc([Si](C)(C)C)cc4c3nc2cc1OCC(CC)CCCC. The first-order chi connectivity index (χ1) is 21.9. The molecule has 0 N–H and O–H groups in total. The molecule has 2 atom stereocenters. The van der Waals surface area contributed by atoms with E-state index in [9.17, 15) is 0 Å². The van der Waals surface area contributed by atoms with Gasteiger partial charge in [0.2, 0.25) is 0 Å². The molecule has 0 radical (unpaired) electrons. The van der Waals surface area contributed by atoms with Crippen LogP contribution in [0.3, 0.4) is 0 Å². The summed E-state index contributed by atoms with van der Waals surface area (Å²) in [6.45, 7) is 25.2. The molecule has 2 unspecified atom stereocenters. The highest BCUT2D eigenvalue weighted by molar-refractivity contribution is 7.37. The Balaban J connectivity index is 1.69. The third-order valence-corrected chi connectivity index (χ3v) is 19.0. The number of ether oxygens (including phenoxy) is 2. The zero-order chi connectivity index (χ0) is 33.2. The Labute approximate surface area is 287 Å². The smallest absolute Gasteiger partial charge is 0.163 e. The van der Waals surface area contributed by atoms with E-state index in [1.807, 2.05) is 22.7 Å². The Morgan fingerprint density at radius 3 is 1.33 bits per heavy atom. The summed E-state index contributed by atoms with van der Waals surface area (Å²) in [4.78, 5) is 10.8. The van der Waals surface area contributed by atoms with Crippen LogP contribution >= 0.6 is 22.7 Å². The number of nitrogens with zero attached hydrogens (tertiary/aromatic N) is 2. The van der Waals surface area contributed by atoms with Crippen LogP contribution in [0.25, 0.3) is 42.2 Å². The molecule has 5 aromatic rings. The third kappa shape index (κ3) is 7.66. The molecule has 0 spiro atoms. The van der Waals surface area contributed by atoms with Gasteiger partial charge in [-0.3, -0.25) is 0 Å². The minimum Gasteiger partial charge on any atom is -0.489 e. The fraction of sp³-hybridized carbons (Fsp3) is 0.579. The Morgan fingerprint density at radius 1 is 0.609 bits per heavy atom. The van der Waals surface area contributed by atoms with E-state index in [4.69, 9.17) is 19.4 Å². The van der Waals surface area contributed by atoms with Gasteiger partial charge in [-0.05, 0) is 45.8 Å². The zero-order valence-corrected chi connectivity index (χ0v) is 33.7. The standard InChI is InChI=1S/C38H56N2O2S2Si2/c1-11-15-17-25(13-3)23-41-31-21-29-30(22-32(31)42-24-26(14-4)18-16-12-2)40-36-28-20-34(46(8,9)10)44-38(28)37-27(35(36)39-29)19-33(43-37)45(5,6)7/h19-22,25-26H,11-18,23-24H2,1-10H3. The summed E-state index contributed by atoms with van der Waals surface area (Å²) in [6, 6.07) is 9.11. The molecule has 5 rings (SSSR count). The molecule has 0 saturated heterocycles. The number of fused-ring (bicyclic) bond motifs is 7. The van der Waals surface area contributed by atoms with E-state index in [-0.39, 0.29) is 0 Å². The maximum Gasteiger partial charge on any atom is 0.163 e. The van der Waals surface area contributed by atoms with Crippen LogP contribution in [0.15, 0.2) is 24.3 Å². The predicted octanol–water partition coefficient (Wildman–Crippen LogP) is 11.5. The first-order valence-electron chi connectivity index (χ1n) is 17.8. The van der Waals surface area contributed by atoms with Gasteiger partial charge < -0.3 is 9.47 Å². The van der Waals surface area contributed by atoms with Gasteiger partial charge in [-0.1, -0.05) is 106 Å². The molecular formula is C38H56N2O2S2Si2. The van der Waals surface area contributed by atoms with E-state index >= 15 is 0 Å². The van der Waals surface area contributed by atoms with Crippen LogP contribution in [0.5, 0.6) is 11.5 Å². The molecule has 0 amide bonds. The first kappa shape index (κ1) is 35.3. The zero-order valence-electron chi connectivity index (χ0n) is 30.1. The maximum absolute atomic E-state index is 6.62. The molecule has 3 heterocycles. The number of unbranched alkanes of at least 4 members (excludes halogenated alkanes) is 2. The minimum atomic E-state index is -1.51. The van der Waals surface area contributed by atoms with Crippen LogP contribution in [0.4, 0.5) is 0 Å². The highest BCUT2D eigenvalue weighted by Crippen LogP contribution is 2.41. The Hall–Kier alpha value is -2.01. The van der Waals surface area contributed by atoms with Crippen LogP contribution in [-0.2, 0) is 0 Å². The number of hydrogen-bond acceptors (Lipinski definition) is 6. The van der Waals surface area contributed by atoms with Gasteiger partial charge in [-0.15, -0.1) is 22.7 Å². The summed E-state index contributed by atoms with van der Waals surface area (Å²) in [7, 11) is -3.02. The molecular weight excluding hydrogens is 637 g/mol. The van der Waals surface area contributed by atoms with E-state index in [0.717, 1.165) is 46.4 Å². The molecule has 0 aliphatic heterocycles. The predicted molar refractivity (Wildman–Crippen MR) is 211 cm³/mol. The van der Waals surface area contributed by atoms with Crippen LogP contribution in [0, 0.1) is 11.8 Å². The molecule has 0 aliphatic rings. The van der Waals surface area contributed by atoms with Crippen molar-refractivity contribution in [3.63, 3.8) is 0 Å². The van der Waals surface area contributed by atoms with Gasteiger partial charge in [0.1, 0.15) is 0 Å². The molecule has 46 heavy (non-hydrogen) atoms. The lowest BCUT2D eigenvalue weighted by Gasteiger charge is -2.20. The lowest BCUT2D eigenvalue weighted by molar-refractivity contribution is 0.199. The van der Waals surface area contributed by atoms with Crippen molar-refractivity contribution < 1.29 is 9.47 Å². The van der Waals surface area contributed by atoms with Gasteiger partial charge in [-0.25, -0.2) is 9.97 Å². The number of rotatable bonds is 16. The van der Waals surface area contributed by atoms with Crippen molar-refractivity contribution in [2.45, 2.75) is 118 Å². The van der Waals surface area contributed by atoms with E-state index in [0.29, 0.717) is 25.0 Å². The largest absolute Gasteiger partial charge is 0.489 e. The fourth-order valence-electron chi connectivity index (χ4n) is 6.09. The van der Waals surface area contributed by atoms with Crippen LogP contribution < -0.4 is 18.5 Å². The molecule has 2 aromatic carbocycles. The number of aromatic nitrogens is 2. The average Bonchev–Trinajstić information content (AvgIpc) is 3.67. The van der Waals surface area contributed by atoms with Gasteiger partial charge in [-0.2, -0.15) is 0 Å². The second kappa shape index (κ2) is 14.6. The summed E-state index contributed by atoms with van der Waals surface area (Å²) < 4.78 is 19.1. The molecule has 4 nitrogen and oxygen atoms in total. The van der Waals surface area contributed by atoms with Gasteiger partial charge in [0.25, 0.3) is 0 Å². The monoisotopic (exact) mass is 692 g/mol. The Kier molecular flexibility index (Phi) is 11.2. The molecule has 250 valence electrons. The lowest BCUT2D eigenvalue weighted by Crippen LogP contribution is -2.34. The summed E-state index contributed by atoms with van der Waals surface area (Å²) in [6.07, 6.45) is 9.54. The molecule has 0 saturated carbocycles. The van der Waals surface area contributed by atoms with Crippen LogP contribution in [-0.4, -0.2) is 39.3 Å². The average molecular weight is 693 g/mol. The van der Waals surface area contributed by atoms with Gasteiger partial charge in [0, 0.05) is 22.9 Å². The van der Waals surface area contributed by atoms with Crippen molar-refractivity contribution in [3.05, 3.63) is 24.3 Å². The molecule has 0 fully saturated rings. The Bertz CT molecular complexity index is 1670. The van der Waals surface area contributed by atoms with Crippen molar-refractivity contribution in [2.75, 3.05) is 13.2 Å². The van der Waals surface area contributed by atoms with Crippen molar-refractivity contribution in [2.24, 2.45) is 11.8 Å². The molecule has 3 aromatic heterocycles. The fourth-order valence-corrected chi connectivity index (χ4v) is 12.3. The Morgan fingerprint density at radius 2 is 1.00 bits per heavy atom. The van der Waals surface area contributed by atoms with E-state index in [2.05, 4.69) is 91.2 Å². The van der Waals surface area contributed by atoms with Crippen LogP contribution in [0.2, 0.25) is 39.3 Å². The molecule has 0 bridgehead atoms. The first-order valence-corrected chi connectivity index (χ1v) is 26.4. The van der Waals surface area contributed by atoms with Gasteiger partial charge in [0.15, 0.2) is 11.5 Å². The second-order valence-electron chi connectivity index (χ2n) is 15.4. The third-order valence-electron chi connectivity index (χ3n) is 9.42. The van der Waals surface area contributed by atoms with E-state index < -0.39 is 16.1 Å². The summed E-state index contributed by atoms with van der Waals surface area (Å²) in [5.41, 5.74) is 3.82. The molecule has 0 aliphatic carbocycles. The van der Waals surface area contributed by atoms with Crippen molar-refractivity contribution in [1.82, 2.24) is 9.97 Å². The van der Waals surface area contributed by atoms with Crippen molar-refractivity contribution >= 4 is 90.1 Å². The highest BCUT2D eigenvalue weighted by Gasteiger charge is 2.26.